The molecule has 0 atom stereocenters. The van der Waals surface area contributed by atoms with Gasteiger partial charge in [0, 0.05) is 18.0 Å². The van der Waals surface area contributed by atoms with Crippen molar-refractivity contribution in [1.29, 1.82) is 0 Å². The van der Waals surface area contributed by atoms with E-state index in [-0.39, 0.29) is 5.97 Å². The number of esters is 1. The van der Waals surface area contributed by atoms with E-state index in [1.807, 2.05) is 12.1 Å². The molecule has 0 amide bonds. The zero-order chi connectivity index (χ0) is 11.4. The van der Waals surface area contributed by atoms with E-state index in [0.29, 0.717) is 11.3 Å². The largest absolute Gasteiger partial charge is 0.465 e. The number of hydrogen-bond acceptors (Lipinski definition) is 4. The lowest BCUT2D eigenvalue weighted by atomic mass is 10.1. The van der Waals surface area contributed by atoms with Crippen LogP contribution in [0.5, 0.6) is 0 Å². The van der Waals surface area contributed by atoms with Crippen molar-refractivity contribution in [2.24, 2.45) is 0 Å². The first-order valence-corrected chi connectivity index (χ1v) is 4.76. The quantitative estimate of drug-likeness (QED) is 0.717. The molecule has 1 aromatic carbocycles. The van der Waals surface area contributed by atoms with E-state index >= 15 is 0 Å². The first-order valence-electron chi connectivity index (χ1n) is 4.76. The lowest BCUT2D eigenvalue weighted by Gasteiger charge is -2.05. The van der Waals surface area contributed by atoms with Crippen LogP contribution in [0, 0.1) is 0 Å². The Bertz CT molecular complexity index is 497. The van der Waals surface area contributed by atoms with Gasteiger partial charge in [-0.25, -0.2) is 4.79 Å². The molecule has 0 aliphatic heterocycles. The van der Waals surface area contributed by atoms with E-state index in [1.165, 1.54) is 7.11 Å². The summed E-state index contributed by atoms with van der Waals surface area (Å²) < 4.78 is 4.71. The number of benzene rings is 1. The van der Waals surface area contributed by atoms with Gasteiger partial charge >= 0.3 is 5.97 Å². The normalized spacial score (nSPS) is 9.81. The summed E-state index contributed by atoms with van der Waals surface area (Å²) in [4.78, 5) is 19.7. The van der Waals surface area contributed by atoms with E-state index in [2.05, 4.69) is 9.97 Å². The lowest BCUT2D eigenvalue weighted by Crippen LogP contribution is -2.03. The Morgan fingerprint density at radius 2 is 2.06 bits per heavy atom. The molecule has 1 heterocycles. The maximum absolute atomic E-state index is 11.5. The van der Waals surface area contributed by atoms with Crippen LogP contribution in [0.1, 0.15) is 10.4 Å². The van der Waals surface area contributed by atoms with Gasteiger partial charge in [0.15, 0.2) is 0 Å². The van der Waals surface area contributed by atoms with Crippen LogP contribution in [0.25, 0.3) is 11.3 Å². The van der Waals surface area contributed by atoms with Crippen LogP contribution in [0.2, 0.25) is 0 Å². The second-order valence-corrected chi connectivity index (χ2v) is 3.13. The summed E-state index contributed by atoms with van der Waals surface area (Å²) in [6.45, 7) is 0. The highest BCUT2D eigenvalue weighted by Gasteiger charge is 2.12. The SMILES string of the molecule is COC(=O)c1ccccc1-c1cnccn1. The highest BCUT2D eigenvalue weighted by atomic mass is 16.5. The highest BCUT2D eigenvalue weighted by molar-refractivity contribution is 5.96. The van der Waals surface area contributed by atoms with Crippen LogP contribution < -0.4 is 0 Å². The molecule has 0 saturated heterocycles. The fourth-order valence-corrected chi connectivity index (χ4v) is 1.43. The van der Waals surface area contributed by atoms with Crippen LogP contribution >= 0.6 is 0 Å². The van der Waals surface area contributed by atoms with Crippen LogP contribution in [0.4, 0.5) is 0 Å². The monoisotopic (exact) mass is 214 g/mol. The minimum Gasteiger partial charge on any atom is -0.465 e. The Morgan fingerprint density at radius 1 is 1.25 bits per heavy atom. The molecule has 2 rings (SSSR count). The molecular weight excluding hydrogens is 204 g/mol. The van der Waals surface area contributed by atoms with Crippen molar-refractivity contribution in [2.75, 3.05) is 7.11 Å². The van der Waals surface area contributed by atoms with Gasteiger partial charge in [0.05, 0.1) is 24.6 Å². The topological polar surface area (TPSA) is 52.1 Å². The fraction of sp³-hybridized carbons (Fsp3) is 0.0833. The number of ether oxygens (including phenoxy) is 1. The van der Waals surface area contributed by atoms with Gasteiger partial charge in [-0.05, 0) is 6.07 Å². The Morgan fingerprint density at radius 3 is 2.75 bits per heavy atom. The summed E-state index contributed by atoms with van der Waals surface area (Å²) in [5.74, 6) is -0.374. The van der Waals surface area contributed by atoms with Crippen LogP contribution in [0.3, 0.4) is 0 Å². The number of nitrogens with zero attached hydrogens (tertiary/aromatic N) is 2. The molecule has 0 saturated carbocycles. The molecule has 0 N–H and O–H groups in total. The summed E-state index contributed by atoms with van der Waals surface area (Å²) in [6, 6.07) is 7.15. The second kappa shape index (κ2) is 4.53. The van der Waals surface area contributed by atoms with Gasteiger partial charge in [0.2, 0.25) is 0 Å². The van der Waals surface area contributed by atoms with Crippen molar-refractivity contribution in [1.82, 2.24) is 9.97 Å². The number of aromatic nitrogens is 2. The Hall–Kier alpha value is -2.23. The third-order valence-electron chi connectivity index (χ3n) is 2.17. The maximum Gasteiger partial charge on any atom is 0.338 e. The zero-order valence-electron chi connectivity index (χ0n) is 8.75. The number of methoxy groups -OCH3 is 1. The molecule has 0 bridgehead atoms. The molecular formula is C12H10N2O2. The zero-order valence-corrected chi connectivity index (χ0v) is 8.75. The van der Waals surface area contributed by atoms with E-state index in [0.717, 1.165) is 5.56 Å². The van der Waals surface area contributed by atoms with Gasteiger partial charge in [-0.2, -0.15) is 0 Å². The second-order valence-electron chi connectivity index (χ2n) is 3.13. The minimum absolute atomic E-state index is 0.374. The Labute approximate surface area is 92.9 Å². The highest BCUT2D eigenvalue weighted by Crippen LogP contribution is 2.21. The molecule has 0 unspecified atom stereocenters. The third-order valence-corrected chi connectivity index (χ3v) is 2.17. The van der Waals surface area contributed by atoms with Gasteiger partial charge < -0.3 is 4.74 Å². The molecule has 0 spiro atoms. The van der Waals surface area contributed by atoms with Crippen molar-refractivity contribution < 1.29 is 9.53 Å². The van der Waals surface area contributed by atoms with Crippen molar-refractivity contribution in [3.05, 3.63) is 48.4 Å². The molecule has 0 aliphatic carbocycles. The summed E-state index contributed by atoms with van der Waals surface area (Å²) in [7, 11) is 1.36. The Balaban J connectivity index is 2.53. The first-order chi connectivity index (χ1) is 7.83. The smallest absolute Gasteiger partial charge is 0.338 e. The molecule has 1 aromatic heterocycles. The predicted molar refractivity (Wildman–Crippen MR) is 58.8 cm³/mol. The molecule has 0 aliphatic rings. The average Bonchev–Trinajstić information content (AvgIpc) is 2.39. The Kier molecular flexibility index (Phi) is 2.91. The van der Waals surface area contributed by atoms with Crippen molar-refractivity contribution in [3.63, 3.8) is 0 Å². The van der Waals surface area contributed by atoms with E-state index in [4.69, 9.17) is 4.74 Å². The summed E-state index contributed by atoms with van der Waals surface area (Å²) in [6.07, 6.45) is 4.79. The summed E-state index contributed by atoms with van der Waals surface area (Å²) in [5.41, 5.74) is 1.87. The molecule has 16 heavy (non-hydrogen) atoms. The number of carbonyl (C=O) groups is 1. The van der Waals surface area contributed by atoms with Crippen molar-refractivity contribution in [3.8, 4) is 11.3 Å². The first kappa shape index (κ1) is 10.3. The average molecular weight is 214 g/mol. The van der Waals surface area contributed by atoms with Crippen LogP contribution in [-0.2, 0) is 4.74 Å². The van der Waals surface area contributed by atoms with Gasteiger partial charge in [-0.1, -0.05) is 18.2 Å². The van der Waals surface area contributed by atoms with Gasteiger partial charge in [0.25, 0.3) is 0 Å². The summed E-state index contributed by atoms with van der Waals surface area (Å²) in [5, 5.41) is 0. The number of rotatable bonds is 2. The fourth-order valence-electron chi connectivity index (χ4n) is 1.43. The molecule has 0 fully saturated rings. The standard InChI is InChI=1S/C12H10N2O2/c1-16-12(15)10-5-3-2-4-9(10)11-8-13-6-7-14-11/h2-8H,1H3. The number of hydrogen-bond donors (Lipinski definition) is 0. The number of carbonyl (C=O) groups excluding carboxylic acids is 1. The van der Waals surface area contributed by atoms with Crippen LogP contribution in [-0.4, -0.2) is 23.0 Å². The molecule has 0 radical (unpaired) electrons. The lowest BCUT2D eigenvalue weighted by molar-refractivity contribution is 0.0601. The molecule has 2 aromatic rings. The third kappa shape index (κ3) is 1.91. The minimum atomic E-state index is -0.374. The molecule has 4 heteroatoms. The van der Waals surface area contributed by atoms with Gasteiger partial charge in [0.1, 0.15) is 0 Å². The maximum atomic E-state index is 11.5. The molecule has 80 valence electrons. The van der Waals surface area contributed by atoms with Crippen LogP contribution in [0.15, 0.2) is 42.9 Å². The van der Waals surface area contributed by atoms with E-state index < -0.39 is 0 Å². The van der Waals surface area contributed by atoms with E-state index in [1.54, 1.807) is 30.7 Å². The summed E-state index contributed by atoms with van der Waals surface area (Å²) >= 11 is 0. The van der Waals surface area contributed by atoms with Crippen molar-refractivity contribution >= 4 is 5.97 Å². The van der Waals surface area contributed by atoms with E-state index in [9.17, 15) is 4.79 Å². The predicted octanol–water partition coefficient (Wildman–Crippen LogP) is 1.93. The molecule has 4 nitrogen and oxygen atoms in total. The van der Waals surface area contributed by atoms with Gasteiger partial charge in [-0.3, -0.25) is 9.97 Å². The van der Waals surface area contributed by atoms with Crippen molar-refractivity contribution in [2.45, 2.75) is 0 Å². The van der Waals surface area contributed by atoms with Gasteiger partial charge in [-0.15, -0.1) is 0 Å².